The van der Waals surface area contributed by atoms with Gasteiger partial charge in [-0.1, -0.05) is 17.7 Å². The number of nitrogen functional groups attached to an aromatic ring is 1. The van der Waals surface area contributed by atoms with Gasteiger partial charge in [0, 0.05) is 10.2 Å². The molecule has 0 fully saturated rings. The summed E-state index contributed by atoms with van der Waals surface area (Å²) in [7, 11) is 0. The fourth-order valence-corrected chi connectivity index (χ4v) is 2.08. The molecule has 0 spiro atoms. The molecular formula is C13H8BrClN2O. The molecule has 2 N–H and O–H groups in total. The number of nitrogens with zero attached hydrogens (tertiary/aromatic N) is 1. The van der Waals surface area contributed by atoms with E-state index in [0.717, 1.165) is 0 Å². The Balaban J connectivity index is 2.41. The zero-order chi connectivity index (χ0) is 13.1. The summed E-state index contributed by atoms with van der Waals surface area (Å²) in [5, 5.41) is 9.48. The Morgan fingerprint density at radius 1 is 1.22 bits per heavy atom. The molecule has 2 aromatic rings. The van der Waals surface area contributed by atoms with Crippen molar-refractivity contribution >= 4 is 33.2 Å². The van der Waals surface area contributed by atoms with E-state index in [1.165, 1.54) is 0 Å². The lowest BCUT2D eigenvalue weighted by atomic mass is 10.2. The lowest BCUT2D eigenvalue weighted by molar-refractivity contribution is 0.481. The van der Waals surface area contributed by atoms with Crippen LogP contribution in [-0.4, -0.2) is 0 Å². The molecule has 0 aromatic heterocycles. The Morgan fingerprint density at radius 2 is 2.00 bits per heavy atom. The number of nitrogens with two attached hydrogens (primary N) is 1. The number of benzene rings is 2. The molecule has 0 amide bonds. The van der Waals surface area contributed by atoms with Gasteiger partial charge >= 0.3 is 0 Å². The van der Waals surface area contributed by atoms with Crippen molar-refractivity contribution < 1.29 is 4.74 Å². The SMILES string of the molecule is N#Cc1c(Br)cccc1Oc1ccc(N)cc1Cl. The predicted octanol–water partition coefficient (Wildman–Crippen LogP) is 4.35. The number of nitriles is 1. The van der Waals surface area contributed by atoms with Crippen LogP contribution in [0.5, 0.6) is 11.5 Å². The maximum atomic E-state index is 9.08. The fourth-order valence-electron chi connectivity index (χ4n) is 1.42. The first-order chi connectivity index (χ1) is 8.61. The zero-order valence-electron chi connectivity index (χ0n) is 9.15. The number of rotatable bonds is 2. The minimum absolute atomic E-state index is 0.402. The highest BCUT2D eigenvalue weighted by molar-refractivity contribution is 9.10. The van der Waals surface area contributed by atoms with Gasteiger partial charge in [-0.2, -0.15) is 5.26 Å². The van der Waals surface area contributed by atoms with Crippen molar-refractivity contribution in [2.75, 3.05) is 5.73 Å². The van der Waals surface area contributed by atoms with E-state index in [1.54, 1.807) is 36.4 Å². The minimum Gasteiger partial charge on any atom is -0.454 e. The van der Waals surface area contributed by atoms with Crippen molar-refractivity contribution in [3.63, 3.8) is 0 Å². The molecule has 0 unspecified atom stereocenters. The first-order valence-corrected chi connectivity index (χ1v) is 6.20. The number of halogens is 2. The zero-order valence-corrected chi connectivity index (χ0v) is 11.5. The number of anilines is 1. The van der Waals surface area contributed by atoms with Crippen molar-refractivity contribution in [2.24, 2.45) is 0 Å². The standard InChI is InChI=1S/C13H8BrClN2O/c14-10-2-1-3-12(9(10)7-16)18-13-5-4-8(17)6-11(13)15/h1-6H,17H2. The molecule has 5 heteroatoms. The molecule has 2 aromatic carbocycles. The van der Waals surface area contributed by atoms with Crippen LogP contribution in [0, 0.1) is 11.3 Å². The fraction of sp³-hybridized carbons (Fsp3) is 0. The van der Waals surface area contributed by atoms with Crippen LogP contribution in [-0.2, 0) is 0 Å². The summed E-state index contributed by atoms with van der Waals surface area (Å²) in [4.78, 5) is 0. The monoisotopic (exact) mass is 322 g/mol. The summed E-state index contributed by atoms with van der Waals surface area (Å²) >= 11 is 9.31. The Kier molecular flexibility index (Phi) is 3.75. The van der Waals surface area contributed by atoms with Crippen LogP contribution in [0.4, 0.5) is 5.69 Å². The molecule has 0 atom stereocenters. The van der Waals surface area contributed by atoms with Gasteiger partial charge < -0.3 is 10.5 Å². The molecule has 0 radical (unpaired) electrons. The van der Waals surface area contributed by atoms with Crippen molar-refractivity contribution in [1.82, 2.24) is 0 Å². The van der Waals surface area contributed by atoms with Gasteiger partial charge in [0.1, 0.15) is 23.1 Å². The molecule has 0 saturated carbocycles. The molecule has 0 aliphatic carbocycles. The quantitative estimate of drug-likeness (QED) is 0.836. The van der Waals surface area contributed by atoms with E-state index in [-0.39, 0.29) is 0 Å². The van der Waals surface area contributed by atoms with E-state index in [0.29, 0.717) is 32.2 Å². The molecule has 0 saturated heterocycles. The lowest BCUT2D eigenvalue weighted by Crippen LogP contribution is -1.91. The van der Waals surface area contributed by atoms with E-state index >= 15 is 0 Å². The molecule has 3 nitrogen and oxygen atoms in total. The van der Waals surface area contributed by atoms with E-state index in [2.05, 4.69) is 22.0 Å². The van der Waals surface area contributed by atoms with Gasteiger partial charge in [0.25, 0.3) is 0 Å². The second-order valence-electron chi connectivity index (χ2n) is 3.52. The summed E-state index contributed by atoms with van der Waals surface area (Å²) in [6, 6.07) is 12.3. The van der Waals surface area contributed by atoms with Crippen LogP contribution in [0.25, 0.3) is 0 Å². The second kappa shape index (κ2) is 5.30. The maximum Gasteiger partial charge on any atom is 0.146 e. The van der Waals surface area contributed by atoms with Crippen LogP contribution in [0.2, 0.25) is 5.02 Å². The Morgan fingerprint density at radius 3 is 2.67 bits per heavy atom. The summed E-state index contributed by atoms with van der Waals surface area (Å²) in [6.07, 6.45) is 0. The number of hydrogen-bond donors (Lipinski definition) is 1. The van der Waals surface area contributed by atoms with Crippen molar-refractivity contribution in [3.05, 3.63) is 51.5 Å². The summed E-state index contributed by atoms with van der Waals surface area (Å²) in [5.41, 5.74) is 6.58. The third-order valence-corrected chi connectivity index (χ3v) is 3.22. The van der Waals surface area contributed by atoms with Crippen LogP contribution in [0.3, 0.4) is 0 Å². The Hall–Kier alpha value is -1.70. The van der Waals surface area contributed by atoms with Gasteiger partial charge in [-0.15, -0.1) is 0 Å². The molecular weight excluding hydrogens is 316 g/mol. The van der Waals surface area contributed by atoms with Gasteiger partial charge in [-0.25, -0.2) is 0 Å². The van der Waals surface area contributed by atoms with Crippen molar-refractivity contribution in [3.8, 4) is 17.6 Å². The molecule has 0 aliphatic rings. The van der Waals surface area contributed by atoms with Crippen molar-refractivity contribution in [1.29, 1.82) is 5.26 Å². The predicted molar refractivity (Wildman–Crippen MR) is 74.8 cm³/mol. The smallest absolute Gasteiger partial charge is 0.146 e. The van der Waals surface area contributed by atoms with Gasteiger partial charge in [-0.05, 0) is 46.3 Å². The lowest BCUT2D eigenvalue weighted by Gasteiger charge is -2.10. The molecule has 0 heterocycles. The highest BCUT2D eigenvalue weighted by atomic mass is 79.9. The van der Waals surface area contributed by atoms with Crippen LogP contribution < -0.4 is 10.5 Å². The average Bonchev–Trinajstić information content (AvgIpc) is 2.33. The topological polar surface area (TPSA) is 59.0 Å². The summed E-state index contributed by atoms with van der Waals surface area (Å²) in [6.45, 7) is 0. The molecule has 90 valence electrons. The average molecular weight is 324 g/mol. The third kappa shape index (κ3) is 2.58. The highest BCUT2D eigenvalue weighted by Crippen LogP contribution is 2.34. The second-order valence-corrected chi connectivity index (χ2v) is 4.78. The van der Waals surface area contributed by atoms with E-state index in [4.69, 9.17) is 27.3 Å². The maximum absolute atomic E-state index is 9.08. The van der Waals surface area contributed by atoms with Crippen LogP contribution in [0.1, 0.15) is 5.56 Å². The van der Waals surface area contributed by atoms with Gasteiger partial charge in [0.2, 0.25) is 0 Å². The van der Waals surface area contributed by atoms with Gasteiger partial charge in [0.15, 0.2) is 0 Å². The molecule has 0 bridgehead atoms. The van der Waals surface area contributed by atoms with Gasteiger partial charge in [0.05, 0.1) is 5.02 Å². The van der Waals surface area contributed by atoms with E-state index in [1.807, 2.05) is 0 Å². The molecule has 0 aliphatic heterocycles. The number of hydrogen-bond acceptors (Lipinski definition) is 3. The largest absolute Gasteiger partial charge is 0.454 e. The first kappa shape index (κ1) is 12.7. The minimum atomic E-state index is 0.402. The Bertz CT molecular complexity index is 637. The normalized spacial score (nSPS) is 9.83. The summed E-state index contributed by atoms with van der Waals surface area (Å²) in [5.74, 6) is 0.902. The van der Waals surface area contributed by atoms with E-state index < -0.39 is 0 Å². The first-order valence-electron chi connectivity index (χ1n) is 5.03. The van der Waals surface area contributed by atoms with Gasteiger partial charge in [-0.3, -0.25) is 0 Å². The molecule has 18 heavy (non-hydrogen) atoms. The van der Waals surface area contributed by atoms with Crippen LogP contribution in [0.15, 0.2) is 40.9 Å². The highest BCUT2D eigenvalue weighted by Gasteiger charge is 2.10. The van der Waals surface area contributed by atoms with E-state index in [9.17, 15) is 0 Å². The van der Waals surface area contributed by atoms with Crippen molar-refractivity contribution in [2.45, 2.75) is 0 Å². The number of ether oxygens (including phenoxy) is 1. The third-order valence-electron chi connectivity index (χ3n) is 2.26. The Labute approximate surface area is 118 Å². The summed E-state index contributed by atoms with van der Waals surface area (Å²) < 4.78 is 6.30. The molecule has 2 rings (SSSR count). The van der Waals surface area contributed by atoms with Crippen LogP contribution >= 0.6 is 27.5 Å².